The first-order valence-corrected chi connectivity index (χ1v) is 7.21. The summed E-state index contributed by atoms with van der Waals surface area (Å²) in [6.07, 6.45) is 0.366. The van der Waals surface area contributed by atoms with Gasteiger partial charge in [-0.2, -0.15) is 0 Å². The Morgan fingerprint density at radius 2 is 1.95 bits per heavy atom. The summed E-state index contributed by atoms with van der Waals surface area (Å²) in [5.74, 6) is 0.309. The monoisotopic (exact) mass is 278 g/mol. The average molecular weight is 278 g/mol. The predicted molar refractivity (Wildman–Crippen MR) is 81.0 cm³/mol. The summed E-state index contributed by atoms with van der Waals surface area (Å²) < 4.78 is 5.43. The highest BCUT2D eigenvalue weighted by Crippen LogP contribution is 2.10. The molecule has 0 aromatic heterocycles. The zero-order chi connectivity index (χ0) is 15.0. The van der Waals surface area contributed by atoms with Gasteiger partial charge in [-0.25, -0.2) is 0 Å². The molecule has 0 fully saturated rings. The van der Waals surface area contributed by atoms with Crippen molar-refractivity contribution < 1.29 is 9.53 Å². The van der Waals surface area contributed by atoms with Crippen molar-refractivity contribution in [3.63, 3.8) is 0 Å². The molecule has 0 bridgehead atoms. The van der Waals surface area contributed by atoms with E-state index in [2.05, 4.69) is 5.32 Å². The Balaban J connectivity index is 2.50. The van der Waals surface area contributed by atoms with E-state index < -0.39 is 0 Å². The molecule has 1 aromatic carbocycles. The molecule has 0 aliphatic carbocycles. The van der Waals surface area contributed by atoms with Crippen molar-refractivity contribution in [3.8, 4) is 0 Å². The number of hydrogen-bond acceptors (Lipinski definition) is 3. The lowest BCUT2D eigenvalue weighted by atomic mass is 10.0. The number of hydrogen-bond donors (Lipinski definition) is 2. The fourth-order valence-electron chi connectivity index (χ4n) is 1.80. The van der Waals surface area contributed by atoms with Gasteiger partial charge in [0.25, 0.3) is 0 Å². The van der Waals surface area contributed by atoms with Gasteiger partial charge in [0.1, 0.15) is 0 Å². The summed E-state index contributed by atoms with van der Waals surface area (Å²) in [6.45, 7) is 7.80. The summed E-state index contributed by atoms with van der Waals surface area (Å²) in [5, 5.41) is 2.93. The lowest BCUT2D eigenvalue weighted by molar-refractivity contribution is -0.121. The van der Waals surface area contributed by atoms with Crippen molar-refractivity contribution in [1.29, 1.82) is 0 Å². The van der Waals surface area contributed by atoms with E-state index in [0.29, 0.717) is 32.1 Å². The fourth-order valence-corrected chi connectivity index (χ4v) is 1.80. The number of amides is 1. The fraction of sp³-hybridized carbons (Fsp3) is 0.562. The van der Waals surface area contributed by atoms with E-state index >= 15 is 0 Å². The molecule has 0 spiro atoms. The van der Waals surface area contributed by atoms with Crippen LogP contribution >= 0.6 is 0 Å². The number of ether oxygens (including phenoxy) is 1. The highest BCUT2D eigenvalue weighted by Gasteiger charge is 2.13. The van der Waals surface area contributed by atoms with Crippen LogP contribution in [0.1, 0.15) is 38.3 Å². The maximum absolute atomic E-state index is 11.8. The van der Waals surface area contributed by atoms with E-state index in [-0.39, 0.29) is 11.9 Å². The van der Waals surface area contributed by atoms with Gasteiger partial charge in [0, 0.05) is 25.6 Å². The van der Waals surface area contributed by atoms with E-state index in [0.717, 1.165) is 11.1 Å². The van der Waals surface area contributed by atoms with Gasteiger partial charge >= 0.3 is 0 Å². The first-order chi connectivity index (χ1) is 9.54. The second-order valence-electron chi connectivity index (χ2n) is 5.29. The molecular weight excluding hydrogens is 252 g/mol. The third-order valence-electron chi connectivity index (χ3n) is 3.33. The van der Waals surface area contributed by atoms with Crippen LogP contribution in [0.5, 0.6) is 0 Å². The molecule has 0 aliphatic heterocycles. The summed E-state index contributed by atoms with van der Waals surface area (Å²) >= 11 is 0. The van der Waals surface area contributed by atoms with Crippen LogP contribution in [0.25, 0.3) is 0 Å². The van der Waals surface area contributed by atoms with Crippen molar-refractivity contribution >= 4 is 5.91 Å². The van der Waals surface area contributed by atoms with Crippen LogP contribution in [0, 0.1) is 5.92 Å². The van der Waals surface area contributed by atoms with E-state index in [1.807, 2.05) is 45.0 Å². The highest BCUT2D eigenvalue weighted by atomic mass is 16.5. The number of rotatable bonds is 8. The molecule has 0 saturated carbocycles. The molecule has 4 nitrogen and oxygen atoms in total. The zero-order valence-electron chi connectivity index (χ0n) is 12.7. The van der Waals surface area contributed by atoms with Gasteiger partial charge in [0.15, 0.2) is 0 Å². The number of carbonyl (C=O) groups excluding carboxylic acids is 1. The van der Waals surface area contributed by atoms with Gasteiger partial charge in [0.2, 0.25) is 5.91 Å². The Bertz CT molecular complexity index is 419. The molecule has 0 heterocycles. The quantitative estimate of drug-likeness (QED) is 0.766. The first-order valence-electron chi connectivity index (χ1n) is 7.21. The number of benzene rings is 1. The van der Waals surface area contributed by atoms with Gasteiger partial charge in [-0.05, 0) is 24.0 Å². The molecule has 4 heteroatoms. The molecule has 1 aromatic rings. The number of carbonyl (C=O) groups is 1. The third kappa shape index (κ3) is 5.72. The molecule has 3 N–H and O–H groups in total. The maximum Gasteiger partial charge on any atom is 0.221 e. The molecule has 20 heavy (non-hydrogen) atoms. The minimum atomic E-state index is -0.0892. The first kappa shape index (κ1) is 16.7. The largest absolute Gasteiger partial charge is 0.377 e. The Morgan fingerprint density at radius 1 is 1.30 bits per heavy atom. The van der Waals surface area contributed by atoms with Gasteiger partial charge in [-0.3, -0.25) is 4.79 Å². The Labute approximate surface area is 121 Å². The Morgan fingerprint density at radius 3 is 2.55 bits per heavy atom. The number of nitrogens with one attached hydrogen (secondary N) is 1. The molecular formula is C16H26N2O2. The molecule has 1 unspecified atom stereocenters. The van der Waals surface area contributed by atoms with E-state index in [1.165, 1.54) is 0 Å². The van der Waals surface area contributed by atoms with Crippen molar-refractivity contribution in [2.24, 2.45) is 11.7 Å². The lowest BCUT2D eigenvalue weighted by Gasteiger charge is -2.16. The SMILES string of the molecule is CCOCc1ccccc1CNC(=O)CC(N)C(C)C. The normalized spacial score (nSPS) is 12.4. The van der Waals surface area contributed by atoms with Gasteiger partial charge < -0.3 is 15.8 Å². The van der Waals surface area contributed by atoms with Crippen LogP contribution in [0.15, 0.2) is 24.3 Å². The van der Waals surface area contributed by atoms with Crippen LogP contribution in [0.4, 0.5) is 0 Å². The zero-order valence-corrected chi connectivity index (χ0v) is 12.7. The van der Waals surface area contributed by atoms with Crippen LogP contribution < -0.4 is 11.1 Å². The minimum absolute atomic E-state index is 0.00240. The summed E-state index contributed by atoms with van der Waals surface area (Å²) in [4.78, 5) is 11.8. The van der Waals surface area contributed by atoms with Crippen molar-refractivity contribution in [1.82, 2.24) is 5.32 Å². The second-order valence-corrected chi connectivity index (χ2v) is 5.29. The summed E-state index contributed by atoms with van der Waals surface area (Å²) in [5.41, 5.74) is 8.11. The van der Waals surface area contributed by atoms with E-state index in [1.54, 1.807) is 0 Å². The van der Waals surface area contributed by atoms with Crippen molar-refractivity contribution in [2.75, 3.05) is 6.61 Å². The summed E-state index contributed by atoms with van der Waals surface area (Å²) in [6, 6.07) is 7.90. The third-order valence-corrected chi connectivity index (χ3v) is 3.33. The van der Waals surface area contributed by atoms with Crippen LogP contribution in [0.3, 0.4) is 0 Å². The lowest BCUT2D eigenvalue weighted by Crippen LogP contribution is -2.34. The maximum atomic E-state index is 11.8. The van der Waals surface area contributed by atoms with Crippen LogP contribution in [-0.4, -0.2) is 18.6 Å². The summed E-state index contributed by atoms with van der Waals surface area (Å²) in [7, 11) is 0. The van der Waals surface area contributed by atoms with Gasteiger partial charge in [-0.15, -0.1) is 0 Å². The standard InChI is InChI=1S/C16H26N2O2/c1-4-20-11-14-8-6-5-7-13(14)10-18-16(19)9-15(17)12(2)3/h5-8,12,15H,4,9-11,17H2,1-3H3,(H,18,19). The Hall–Kier alpha value is -1.39. The van der Waals surface area contributed by atoms with Crippen molar-refractivity contribution in [2.45, 2.75) is 46.4 Å². The van der Waals surface area contributed by atoms with E-state index in [9.17, 15) is 4.79 Å². The molecule has 1 atom stereocenters. The van der Waals surface area contributed by atoms with E-state index in [4.69, 9.17) is 10.5 Å². The highest BCUT2D eigenvalue weighted by molar-refractivity contribution is 5.76. The predicted octanol–water partition coefficient (Wildman–Crippen LogP) is 2.21. The molecule has 112 valence electrons. The molecule has 0 radical (unpaired) electrons. The van der Waals surface area contributed by atoms with Gasteiger partial charge in [0.05, 0.1) is 6.61 Å². The molecule has 0 aliphatic rings. The molecule has 1 amide bonds. The minimum Gasteiger partial charge on any atom is -0.377 e. The second kappa shape index (κ2) is 8.72. The number of nitrogens with two attached hydrogens (primary N) is 1. The van der Waals surface area contributed by atoms with Crippen LogP contribution in [0.2, 0.25) is 0 Å². The smallest absolute Gasteiger partial charge is 0.221 e. The average Bonchev–Trinajstić information content (AvgIpc) is 2.43. The Kier molecular flexibility index (Phi) is 7.26. The topological polar surface area (TPSA) is 64.3 Å². The van der Waals surface area contributed by atoms with Crippen molar-refractivity contribution in [3.05, 3.63) is 35.4 Å². The molecule has 0 saturated heterocycles. The van der Waals surface area contributed by atoms with Crippen LogP contribution in [-0.2, 0) is 22.7 Å². The molecule has 1 rings (SSSR count). The van der Waals surface area contributed by atoms with Gasteiger partial charge in [-0.1, -0.05) is 38.1 Å².